The predicted octanol–water partition coefficient (Wildman–Crippen LogP) is 4.68. The van der Waals surface area contributed by atoms with Crippen LogP contribution < -0.4 is 0 Å². The van der Waals surface area contributed by atoms with E-state index in [2.05, 4.69) is 18.7 Å². The molecular formula is C20H38N2O2. The van der Waals surface area contributed by atoms with Gasteiger partial charge < -0.3 is 9.64 Å². The molecule has 140 valence electrons. The first-order valence-corrected chi connectivity index (χ1v) is 9.99. The summed E-state index contributed by atoms with van der Waals surface area (Å²) in [6.45, 7) is 14.6. The summed E-state index contributed by atoms with van der Waals surface area (Å²) in [5.74, 6) is 0.865. The molecule has 0 radical (unpaired) electrons. The second kappa shape index (κ2) is 8.07. The minimum atomic E-state index is -0.410. The first-order chi connectivity index (χ1) is 11.3. The highest BCUT2D eigenvalue weighted by molar-refractivity contribution is 5.68. The third kappa shape index (κ3) is 5.11. The van der Waals surface area contributed by atoms with Crippen molar-refractivity contribution in [1.29, 1.82) is 0 Å². The molecule has 1 amide bonds. The molecule has 4 nitrogen and oxygen atoms in total. The molecule has 0 bridgehead atoms. The van der Waals surface area contributed by atoms with E-state index >= 15 is 0 Å². The smallest absolute Gasteiger partial charge is 0.410 e. The third-order valence-electron chi connectivity index (χ3n) is 5.74. The predicted molar refractivity (Wildman–Crippen MR) is 99.3 cm³/mol. The highest BCUT2D eigenvalue weighted by atomic mass is 16.6. The summed E-state index contributed by atoms with van der Waals surface area (Å²) in [7, 11) is 0. The molecule has 2 aliphatic rings. The van der Waals surface area contributed by atoms with Gasteiger partial charge in [-0.1, -0.05) is 20.3 Å². The van der Waals surface area contributed by atoms with Gasteiger partial charge in [-0.25, -0.2) is 4.79 Å². The molecule has 0 saturated carbocycles. The van der Waals surface area contributed by atoms with Crippen LogP contribution in [-0.2, 0) is 4.74 Å². The number of ether oxygens (including phenoxy) is 1. The molecule has 1 atom stereocenters. The molecule has 1 unspecified atom stereocenters. The number of likely N-dealkylation sites (tertiary alicyclic amines) is 2. The van der Waals surface area contributed by atoms with Gasteiger partial charge in [0.2, 0.25) is 0 Å². The zero-order valence-electron chi connectivity index (χ0n) is 16.6. The van der Waals surface area contributed by atoms with Crippen LogP contribution in [0.25, 0.3) is 0 Å². The Labute approximate surface area is 148 Å². The molecule has 0 N–H and O–H groups in total. The summed E-state index contributed by atoms with van der Waals surface area (Å²) in [5, 5.41) is 0. The Kier molecular flexibility index (Phi) is 6.58. The Bertz CT molecular complexity index is 410. The summed E-state index contributed by atoms with van der Waals surface area (Å²) in [4.78, 5) is 17.1. The highest BCUT2D eigenvalue weighted by Gasteiger charge is 2.39. The van der Waals surface area contributed by atoms with E-state index in [0.29, 0.717) is 5.54 Å². The zero-order valence-corrected chi connectivity index (χ0v) is 16.6. The maximum atomic E-state index is 12.4. The van der Waals surface area contributed by atoms with Crippen molar-refractivity contribution in [1.82, 2.24) is 9.80 Å². The van der Waals surface area contributed by atoms with E-state index in [1.54, 1.807) is 0 Å². The van der Waals surface area contributed by atoms with E-state index in [-0.39, 0.29) is 6.09 Å². The molecule has 2 heterocycles. The Balaban J connectivity index is 2.03. The SMILES string of the molecule is CCCC1(N2CCC(C)CC2)CCCN(C(=O)OC(C)(C)C)CC1. The van der Waals surface area contributed by atoms with Crippen LogP contribution in [0.2, 0.25) is 0 Å². The van der Waals surface area contributed by atoms with E-state index in [1.165, 1.54) is 45.2 Å². The van der Waals surface area contributed by atoms with Gasteiger partial charge in [-0.3, -0.25) is 4.90 Å². The molecular weight excluding hydrogens is 300 g/mol. The van der Waals surface area contributed by atoms with Crippen molar-refractivity contribution in [2.45, 2.75) is 90.7 Å². The number of hydrogen-bond acceptors (Lipinski definition) is 3. The number of hydrogen-bond donors (Lipinski definition) is 0. The summed E-state index contributed by atoms with van der Waals surface area (Å²) >= 11 is 0. The lowest BCUT2D eigenvalue weighted by molar-refractivity contribution is 0.0189. The van der Waals surface area contributed by atoms with Crippen LogP contribution in [0.3, 0.4) is 0 Å². The van der Waals surface area contributed by atoms with Gasteiger partial charge in [-0.05, 0) is 78.3 Å². The normalized spacial score (nSPS) is 27.8. The summed E-state index contributed by atoms with van der Waals surface area (Å²) in [6, 6.07) is 0. The van der Waals surface area contributed by atoms with Crippen molar-refractivity contribution < 1.29 is 9.53 Å². The van der Waals surface area contributed by atoms with Gasteiger partial charge in [0.25, 0.3) is 0 Å². The number of piperidine rings is 1. The first kappa shape index (κ1) is 19.6. The van der Waals surface area contributed by atoms with E-state index < -0.39 is 5.60 Å². The molecule has 2 rings (SSSR count). The van der Waals surface area contributed by atoms with Crippen molar-refractivity contribution in [2.24, 2.45) is 5.92 Å². The van der Waals surface area contributed by atoms with Crippen LogP contribution in [-0.4, -0.2) is 53.2 Å². The van der Waals surface area contributed by atoms with E-state index in [4.69, 9.17) is 4.74 Å². The van der Waals surface area contributed by atoms with Crippen LogP contribution in [0, 0.1) is 5.92 Å². The number of rotatable bonds is 3. The fourth-order valence-electron chi connectivity index (χ4n) is 4.36. The van der Waals surface area contributed by atoms with E-state index in [9.17, 15) is 4.79 Å². The van der Waals surface area contributed by atoms with Crippen LogP contribution in [0.1, 0.15) is 79.6 Å². The van der Waals surface area contributed by atoms with Gasteiger partial charge in [-0.15, -0.1) is 0 Å². The molecule has 0 aromatic rings. The lowest BCUT2D eigenvalue weighted by atomic mass is 9.82. The maximum absolute atomic E-state index is 12.4. The van der Waals surface area contributed by atoms with Crippen LogP contribution in [0.15, 0.2) is 0 Å². The molecule has 2 aliphatic heterocycles. The van der Waals surface area contributed by atoms with E-state index in [1.807, 2.05) is 25.7 Å². The quantitative estimate of drug-likeness (QED) is 0.749. The van der Waals surface area contributed by atoms with Crippen molar-refractivity contribution in [3.8, 4) is 0 Å². The molecule has 0 aromatic carbocycles. The number of nitrogens with zero attached hydrogens (tertiary/aromatic N) is 2. The Morgan fingerprint density at radius 1 is 1.12 bits per heavy atom. The summed E-state index contributed by atoms with van der Waals surface area (Å²) < 4.78 is 5.59. The molecule has 24 heavy (non-hydrogen) atoms. The van der Waals surface area contributed by atoms with Gasteiger partial charge in [-0.2, -0.15) is 0 Å². The Morgan fingerprint density at radius 3 is 2.38 bits per heavy atom. The molecule has 0 aliphatic carbocycles. The van der Waals surface area contributed by atoms with Crippen molar-refractivity contribution >= 4 is 6.09 Å². The second-order valence-corrected chi connectivity index (χ2v) is 8.96. The Hall–Kier alpha value is -0.770. The van der Waals surface area contributed by atoms with Gasteiger partial charge in [0.05, 0.1) is 0 Å². The minimum absolute atomic E-state index is 0.137. The summed E-state index contributed by atoms with van der Waals surface area (Å²) in [6.07, 6.45) is 8.38. The lowest BCUT2D eigenvalue weighted by Crippen LogP contribution is -2.52. The van der Waals surface area contributed by atoms with Crippen LogP contribution in [0.5, 0.6) is 0 Å². The molecule has 2 fully saturated rings. The van der Waals surface area contributed by atoms with Crippen molar-refractivity contribution in [3.05, 3.63) is 0 Å². The second-order valence-electron chi connectivity index (χ2n) is 8.96. The largest absolute Gasteiger partial charge is 0.444 e. The molecule has 0 spiro atoms. The fourth-order valence-corrected chi connectivity index (χ4v) is 4.36. The topological polar surface area (TPSA) is 32.8 Å². The molecule has 0 aromatic heterocycles. The van der Waals surface area contributed by atoms with Gasteiger partial charge in [0.15, 0.2) is 0 Å². The highest BCUT2D eigenvalue weighted by Crippen LogP contribution is 2.36. The van der Waals surface area contributed by atoms with Gasteiger partial charge in [0.1, 0.15) is 5.60 Å². The third-order valence-corrected chi connectivity index (χ3v) is 5.74. The molecule has 2 saturated heterocycles. The Morgan fingerprint density at radius 2 is 1.79 bits per heavy atom. The van der Waals surface area contributed by atoms with E-state index in [0.717, 1.165) is 31.8 Å². The zero-order chi connectivity index (χ0) is 17.8. The number of carbonyl (C=O) groups excluding carboxylic acids is 1. The van der Waals surface area contributed by atoms with Gasteiger partial charge >= 0.3 is 6.09 Å². The molecule has 4 heteroatoms. The van der Waals surface area contributed by atoms with Crippen molar-refractivity contribution in [2.75, 3.05) is 26.2 Å². The van der Waals surface area contributed by atoms with Crippen LogP contribution >= 0.6 is 0 Å². The number of amides is 1. The number of carbonyl (C=O) groups is 1. The first-order valence-electron chi connectivity index (χ1n) is 9.99. The van der Waals surface area contributed by atoms with Gasteiger partial charge in [0, 0.05) is 18.6 Å². The average molecular weight is 339 g/mol. The average Bonchev–Trinajstić information content (AvgIpc) is 2.70. The standard InChI is InChI=1S/C20H38N2O2/c1-6-10-20(22-14-8-17(2)9-15-22)11-7-13-21(16-12-20)18(23)24-19(3,4)5/h17H,6-16H2,1-5H3. The monoisotopic (exact) mass is 338 g/mol. The lowest BCUT2D eigenvalue weighted by Gasteiger charge is -2.47. The minimum Gasteiger partial charge on any atom is -0.444 e. The summed E-state index contributed by atoms with van der Waals surface area (Å²) in [5.41, 5.74) is -0.113. The fraction of sp³-hybridized carbons (Fsp3) is 0.950. The maximum Gasteiger partial charge on any atom is 0.410 e. The van der Waals surface area contributed by atoms with Crippen molar-refractivity contribution in [3.63, 3.8) is 0 Å². The van der Waals surface area contributed by atoms with Crippen LogP contribution in [0.4, 0.5) is 4.79 Å².